The molecule has 0 saturated carbocycles. The van der Waals surface area contributed by atoms with Gasteiger partial charge in [-0.15, -0.1) is 0 Å². The molecule has 0 saturated heterocycles. The van der Waals surface area contributed by atoms with E-state index in [-0.39, 0.29) is 5.82 Å². The Kier molecular flexibility index (Phi) is 2.25. The van der Waals surface area contributed by atoms with Crippen LogP contribution < -0.4 is 5.73 Å². The van der Waals surface area contributed by atoms with Crippen molar-refractivity contribution in [1.82, 2.24) is 4.98 Å². The average molecular weight is 193 g/mol. The fourth-order valence-electron chi connectivity index (χ4n) is 1.87. The van der Waals surface area contributed by atoms with Crippen molar-refractivity contribution in [3.63, 3.8) is 0 Å². The Morgan fingerprint density at radius 2 is 2.21 bits per heavy atom. The summed E-state index contributed by atoms with van der Waals surface area (Å²) in [6, 6.07) is 5.18. The van der Waals surface area contributed by atoms with Crippen LogP contribution in [0.3, 0.4) is 0 Å². The summed E-state index contributed by atoms with van der Waals surface area (Å²) in [5.74, 6) is -0.180. The van der Waals surface area contributed by atoms with E-state index in [4.69, 9.17) is 0 Å². The van der Waals surface area contributed by atoms with Crippen molar-refractivity contribution < 1.29 is 10.1 Å². The molecule has 0 aliphatic heterocycles. The minimum absolute atomic E-state index is 0.180. The first kappa shape index (κ1) is 9.21. The Morgan fingerprint density at radius 1 is 1.43 bits per heavy atom. The van der Waals surface area contributed by atoms with Gasteiger partial charge in [0.15, 0.2) is 0 Å². The van der Waals surface area contributed by atoms with Crippen molar-refractivity contribution in [2.75, 3.05) is 6.54 Å². The number of aromatic nitrogens is 1. The Balaban J connectivity index is 2.70. The highest BCUT2D eigenvalue weighted by Crippen LogP contribution is 2.24. The lowest BCUT2D eigenvalue weighted by Crippen LogP contribution is -2.51. The molecule has 0 aliphatic rings. The van der Waals surface area contributed by atoms with Gasteiger partial charge in [-0.05, 0) is 18.6 Å². The van der Waals surface area contributed by atoms with Crippen molar-refractivity contribution >= 4 is 10.9 Å². The number of aromatic amines is 1. The summed E-state index contributed by atoms with van der Waals surface area (Å²) in [7, 11) is 0. The summed E-state index contributed by atoms with van der Waals surface area (Å²) < 4.78 is 13.4. The number of nitrogens with one attached hydrogen (secondary N) is 1. The number of para-hydroxylation sites is 1. The van der Waals surface area contributed by atoms with Crippen molar-refractivity contribution in [3.05, 3.63) is 35.3 Å². The van der Waals surface area contributed by atoms with Gasteiger partial charge in [-0.3, -0.25) is 0 Å². The summed E-state index contributed by atoms with van der Waals surface area (Å²) in [6.07, 6.45) is 0.898. The van der Waals surface area contributed by atoms with E-state index in [2.05, 4.69) is 10.7 Å². The van der Waals surface area contributed by atoms with Crippen molar-refractivity contribution in [2.24, 2.45) is 0 Å². The van der Waals surface area contributed by atoms with Crippen LogP contribution in [0.1, 0.15) is 11.3 Å². The van der Waals surface area contributed by atoms with Gasteiger partial charge in [0.05, 0.1) is 12.1 Å². The molecular formula is C11H14FN2+. The first-order valence-corrected chi connectivity index (χ1v) is 4.79. The topological polar surface area (TPSA) is 43.4 Å². The zero-order valence-electron chi connectivity index (χ0n) is 8.23. The van der Waals surface area contributed by atoms with Crippen molar-refractivity contribution in [1.29, 1.82) is 0 Å². The monoisotopic (exact) mass is 193 g/mol. The Labute approximate surface area is 81.9 Å². The van der Waals surface area contributed by atoms with E-state index in [1.807, 2.05) is 13.0 Å². The normalized spacial score (nSPS) is 11.1. The van der Waals surface area contributed by atoms with Crippen LogP contribution in [0.25, 0.3) is 10.9 Å². The molecule has 2 rings (SSSR count). The summed E-state index contributed by atoms with van der Waals surface area (Å²) >= 11 is 0. The summed E-state index contributed by atoms with van der Waals surface area (Å²) in [5, 5.41) is 0.992. The van der Waals surface area contributed by atoms with Gasteiger partial charge in [0, 0.05) is 17.5 Å². The lowest BCUT2D eigenvalue weighted by molar-refractivity contribution is -0.366. The molecule has 0 fully saturated rings. The second kappa shape index (κ2) is 3.42. The molecule has 3 heteroatoms. The third-order valence-corrected chi connectivity index (χ3v) is 2.53. The number of halogens is 1. The fraction of sp³-hybridized carbons (Fsp3) is 0.273. The summed E-state index contributed by atoms with van der Waals surface area (Å²) in [5.41, 5.74) is 6.68. The Hall–Kier alpha value is -1.35. The fourth-order valence-corrected chi connectivity index (χ4v) is 1.87. The third-order valence-electron chi connectivity index (χ3n) is 2.53. The lowest BCUT2D eigenvalue weighted by atomic mass is 10.1. The highest BCUT2D eigenvalue weighted by molar-refractivity contribution is 5.85. The van der Waals surface area contributed by atoms with Gasteiger partial charge in [-0.25, -0.2) is 4.39 Å². The Bertz CT molecular complexity index is 460. The summed E-state index contributed by atoms with van der Waals surface area (Å²) in [4.78, 5) is 3.08. The molecule has 0 amide bonds. The smallest absolute Gasteiger partial charge is 0.147 e. The average Bonchev–Trinajstić information content (AvgIpc) is 2.47. The first-order valence-electron chi connectivity index (χ1n) is 4.79. The zero-order valence-corrected chi connectivity index (χ0v) is 8.23. The van der Waals surface area contributed by atoms with E-state index in [0.717, 1.165) is 24.0 Å². The van der Waals surface area contributed by atoms with Crippen LogP contribution in [0.2, 0.25) is 0 Å². The van der Waals surface area contributed by atoms with Crippen LogP contribution in [0.4, 0.5) is 4.39 Å². The Morgan fingerprint density at radius 3 is 2.93 bits per heavy atom. The first-order chi connectivity index (χ1) is 6.74. The van der Waals surface area contributed by atoms with Crippen LogP contribution in [0, 0.1) is 12.7 Å². The van der Waals surface area contributed by atoms with E-state index in [9.17, 15) is 4.39 Å². The largest absolute Gasteiger partial charge is 0.357 e. The van der Waals surface area contributed by atoms with Gasteiger partial charge in [0.1, 0.15) is 5.82 Å². The maximum Gasteiger partial charge on any atom is 0.147 e. The number of aryl methyl sites for hydroxylation is 1. The molecular weight excluding hydrogens is 179 g/mol. The second-order valence-electron chi connectivity index (χ2n) is 3.49. The number of benzene rings is 1. The van der Waals surface area contributed by atoms with Crippen molar-refractivity contribution in [3.8, 4) is 0 Å². The second-order valence-corrected chi connectivity index (χ2v) is 3.49. The van der Waals surface area contributed by atoms with Crippen LogP contribution in [0.15, 0.2) is 18.2 Å². The van der Waals surface area contributed by atoms with Gasteiger partial charge in [-0.1, -0.05) is 12.1 Å². The molecule has 4 N–H and O–H groups in total. The van der Waals surface area contributed by atoms with Gasteiger partial charge >= 0.3 is 0 Å². The van der Waals surface area contributed by atoms with Crippen LogP contribution in [0.5, 0.6) is 0 Å². The number of fused-ring (bicyclic) bond motifs is 1. The minimum atomic E-state index is -0.180. The number of hydrogen-bond donors (Lipinski definition) is 2. The van der Waals surface area contributed by atoms with Gasteiger partial charge in [-0.2, -0.15) is 0 Å². The standard InChI is InChI=1S/C11H13FN2/c1-7-8(5-6-13)9-3-2-4-10(12)11(9)14-7/h2-4,14H,5-6,13H2,1H3/p+1. The molecule has 1 heterocycles. The lowest BCUT2D eigenvalue weighted by Gasteiger charge is -1.96. The molecule has 2 aromatic rings. The molecule has 0 unspecified atom stereocenters. The van der Waals surface area contributed by atoms with Gasteiger partial charge in [0.25, 0.3) is 0 Å². The van der Waals surface area contributed by atoms with Crippen LogP contribution >= 0.6 is 0 Å². The highest BCUT2D eigenvalue weighted by Gasteiger charge is 2.10. The van der Waals surface area contributed by atoms with E-state index in [1.54, 1.807) is 6.07 Å². The van der Waals surface area contributed by atoms with Crippen LogP contribution in [-0.2, 0) is 6.42 Å². The summed E-state index contributed by atoms with van der Waals surface area (Å²) in [6.45, 7) is 2.81. The van der Waals surface area contributed by atoms with Crippen molar-refractivity contribution in [2.45, 2.75) is 13.3 Å². The number of hydrogen-bond acceptors (Lipinski definition) is 0. The predicted molar refractivity (Wildman–Crippen MR) is 54.5 cm³/mol. The molecule has 1 aromatic heterocycles. The molecule has 1 aromatic carbocycles. The third kappa shape index (κ3) is 1.30. The molecule has 0 bridgehead atoms. The number of rotatable bonds is 2. The molecule has 0 spiro atoms. The zero-order chi connectivity index (χ0) is 10.1. The SMILES string of the molecule is Cc1[nH]c2c(F)cccc2c1CC[NH3+]. The van der Waals surface area contributed by atoms with E-state index in [0.29, 0.717) is 5.52 Å². The van der Waals surface area contributed by atoms with Crippen LogP contribution in [-0.4, -0.2) is 11.5 Å². The molecule has 0 atom stereocenters. The molecule has 74 valence electrons. The van der Waals surface area contributed by atoms with E-state index in [1.165, 1.54) is 11.6 Å². The maximum absolute atomic E-state index is 13.4. The van der Waals surface area contributed by atoms with Gasteiger partial charge < -0.3 is 10.7 Å². The van der Waals surface area contributed by atoms with E-state index >= 15 is 0 Å². The van der Waals surface area contributed by atoms with Gasteiger partial charge in [0.2, 0.25) is 0 Å². The minimum Gasteiger partial charge on any atom is -0.357 e. The molecule has 0 aliphatic carbocycles. The molecule has 0 radical (unpaired) electrons. The number of quaternary nitrogens is 1. The predicted octanol–water partition coefficient (Wildman–Crippen LogP) is 1.40. The number of H-pyrrole nitrogens is 1. The molecule has 2 nitrogen and oxygen atoms in total. The molecule has 14 heavy (non-hydrogen) atoms. The highest BCUT2D eigenvalue weighted by atomic mass is 19.1. The van der Waals surface area contributed by atoms with E-state index < -0.39 is 0 Å². The maximum atomic E-state index is 13.4. The quantitative estimate of drug-likeness (QED) is 0.724.